The summed E-state index contributed by atoms with van der Waals surface area (Å²) in [4.78, 5) is 26.1. The lowest BCUT2D eigenvalue weighted by molar-refractivity contribution is -0.144. The number of hydrogen-bond donors (Lipinski definition) is 2. The standard InChI is InChI=1S/C20H24O5/c1-9(2)10-8-11-12(15(23)13(10)21)20-7-5-6-19(3,4)17(20)16(14(11)22)25-18(20)24/h8-9,16-17,21,23H,5-7H2,1-4H3/t16-,17+,20+/m1/s1. The van der Waals surface area contributed by atoms with Gasteiger partial charge in [-0.2, -0.15) is 0 Å². The quantitative estimate of drug-likeness (QED) is 0.602. The second kappa shape index (κ2) is 4.77. The molecule has 4 rings (SSSR count). The fourth-order valence-corrected chi connectivity index (χ4v) is 5.49. The Labute approximate surface area is 147 Å². The average molecular weight is 344 g/mol. The number of Topliss-reactive ketones (excluding diaryl/α,β-unsaturated/α-hetero) is 1. The van der Waals surface area contributed by atoms with E-state index in [0.29, 0.717) is 17.5 Å². The number of ketones is 1. The number of rotatable bonds is 1. The van der Waals surface area contributed by atoms with E-state index < -0.39 is 17.5 Å². The monoisotopic (exact) mass is 344 g/mol. The summed E-state index contributed by atoms with van der Waals surface area (Å²) >= 11 is 0. The maximum Gasteiger partial charge on any atom is 0.317 e. The number of fused-ring (bicyclic) bond motifs is 1. The Bertz CT molecular complexity index is 807. The molecule has 0 aromatic heterocycles. The summed E-state index contributed by atoms with van der Waals surface area (Å²) in [5.41, 5.74) is -0.158. The molecule has 1 heterocycles. The summed E-state index contributed by atoms with van der Waals surface area (Å²) in [6.07, 6.45) is 1.45. The normalized spacial score (nSPS) is 32.4. The van der Waals surface area contributed by atoms with Gasteiger partial charge in [0.15, 0.2) is 17.6 Å². The zero-order valence-corrected chi connectivity index (χ0v) is 15.0. The highest BCUT2D eigenvalue weighted by Gasteiger charge is 2.70. The van der Waals surface area contributed by atoms with Crippen molar-refractivity contribution < 1.29 is 24.5 Å². The van der Waals surface area contributed by atoms with Gasteiger partial charge in [0.05, 0.1) is 0 Å². The van der Waals surface area contributed by atoms with Crippen molar-refractivity contribution in [3.8, 4) is 11.5 Å². The second-order valence-electron chi connectivity index (χ2n) is 8.72. The molecular weight excluding hydrogens is 320 g/mol. The van der Waals surface area contributed by atoms with Crippen LogP contribution in [0.3, 0.4) is 0 Å². The van der Waals surface area contributed by atoms with Crippen LogP contribution in [-0.2, 0) is 14.9 Å². The van der Waals surface area contributed by atoms with E-state index in [-0.39, 0.29) is 40.1 Å². The van der Waals surface area contributed by atoms with Crippen LogP contribution in [0.15, 0.2) is 6.07 Å². The molecule has 1 aromatic carbocycles. The van der Waals surface area contributed by atoms with Gasteiger partial charge in [0.25, 0.3) is 0 Å². The van der Waals surface area contributed by atoms with E-state index in [1.807, 2.05) is 13.8 Å². The van der Waals surface area contributed by atoms with E-state index in [1.165, 1.54) is 0 Å². The lowest BCUT2D eigenvalue weighted by Gasteiger charge is -2.49. The summed E-state index contributed by atoms with van der Waals surface area (Å²) in [7, 11) is 0. The maximum absolute atomic E-state index is 13.1. The van der Waals surface area contributed by atoms with Crippen molar-refractivity contribution in [2.24, 2.45) is 11.3 Å². The van der Waals surface area contributed by atoms with Crippen molar-refractivity contribution in [1.82, 2.24) is 0 Å². The van der Waals surface area contributed by atoms with Crippen LogP contribution < -0.4 is 0 Å². The molecule has 134 valence electrons. The predicted molar refractivity (Wildman–Crippen MR) is 90.9 cm³/mol. The molecule has 1 saturated heterocycles. The molecule has 1 saturated carbocycles. The van der Waals surface area contributed by atoms with Gasteiger partial charge in [-0.1, -0.05) is 34.1 Å². The number of carbonyl (C=O) groups excluding carboxylic acids is 2. The molecule has 5 nitrogen and oxygen atoms in total. The Kier molecular flexibility index (Phi) is 3.14. The first-order valence-corrected chi connectivity index (χ1v) is 8.97. The first kappa shape index (κ1) is 16.4. The molecule has 0 unspecified atom stereocenters. The third-order valence-electron chi connectivity index (χ3n) is 6.56. The molecule has 3 aliphatic rings. The van der Waals surface area contributed by atoms with Crippen LogP contribution in [0.1, 0.15) is 74.4 Å². The van der Waals surface area contributed by atoms with Crippen molar-refractivity contribution >= 4 is 11.8 Å². The molecule has 1 aromatic rings. The van der Waals surface area contributed by atoms with Crippen LogP contribution in [0, 0.1) is 11.3 Å². The number of aromatic hydroxyl groups is 2. The van der Waals surface area contributed by atoms with Crippen molar-refractivity contribution in [1.29, 1.82) is 0 Å². The van der Waals surface area contributed by atoms with Crippen molar-refractivity contribution in [3.05, 3.63) is 22.8 Å². The highest BCUT2D eigenvalue weighted by molar-refractivity contribution is 6.10. The number of benzene rings is 1. The third-order valence-corrected chi connectivity index (χ3v) is 6.56. The van der Waals surface area contributed by atoms with Gasteiger partial charge < -0.3 is 14.9 Å². The van der Waals surface area contributed by atoms with E-state index in [0.717, 1.165) is 12.8 Å². The van der Waals surface area contributed by atoms with Crippen LogP contribution in [-0.4, -0.2) is 28.1 Å². The minimum absolute atomic E-state index is 0.0590. The first-order chi connectivity index (χ1) is 11.6. The number of hydrogen-bond acceptors (Lipinski definition) is 5. The zero-order valence-electron chi connectivity index (χ0n) is 15.0. The molecule has 5 heteroatoms. The molecule has 2 fully saturated rings. The van der Waals surface area contributed by atoms with E-state index >= 15 is 0 Å². The Morgan fingerprint density at radius 2 is 1.84 bits per heavy atom. The van der Waals surface area contributed by atoms with E-state index in [9.17, 15) is 19.8 Å². The average Bonchev–Trinajstić information content (AvgIpc) is 2.79. The SMILES string of the molecule is CC(C)c1cc2c(c(O)c1O)[C@@]13CCCC(C)(C)[C@@H]1[C@H](OC3=O)C2=O. The zero-order chi connectivity index (χ0) is 18.3. The summed E-state index contributed by atoms with van der Waals surface area (Å²) in [6.45, 7) is 7.88. The van der Waals surface area contributed by atoms with Crippen LogP contribution >= 0.6 is 0 Å². The predicted octanol–water partition coefficient (Wildman–Crippen LogP) is 3.41. The topological polar surface area (TPSA) is 83.8 Å². The van der Waals surface area contributed by atoms with Crippen molar-refractivity contribution in [3.63, 3.8) is 0 Å². The molecule has 0 spiro atoms. The van der Waals surface area contributed by atoms with Crippen LogP contribution in [0.2, 0.25) is 0 Å². The molecule has 0 radical (unpaired) electrons. The van der Waals surface area contributed by atoms with Crippen molar-refractivity contribution in [2.75, 3.05) is 0 Å². The van der Waals surface area contributed by atoms with Gasteiger partial charge in [-0.3, -0.25) is 9.59 Å². The second-order valence-corrected chi connectivity index (χ2v) is 8.72. The fourth-order valence-electron chi connectivity index (χ4n) is 5.49. The Morgan fingerprint density at radius 3 is 2.48 bits per heavy atom. The number of ether oxygens (including phenoxy) is 1. The first-order valence-electron chi connectivity index (χ1n) is 8.97. The molecular formula is C20H24O5. The molecule has 25 heavy (non-hydrogen) atoms. The van der Waals surface area contributed by atoms with Crippen LogP contribution in [0.25, 0.3) is 0 Å². The third kappa shape index (κ3) is 1.79. The molecule has 2 bridgehead atoms. The number of esters is 1. The number of phenolic OH excluding ortho intramolecular Hbond substituents is 2. The lowest BCUT2D eigenvalue weighted by atomic mass is 9.49. The number of carbonyl (C=O) groups is 2. The molecule has 2 N–H and O–H groups in total. The molecule has 3 atom stereocenters. The van der Waals surface area contributed by atoms with E-state index in [2.05, 4.69) is 13.8 Å². The van der Waals surface area contributed by atoms with Gasteiger partial charge in [0.1, 0.15) is 5.41 Å². The van der Waals surface area contributed by atoms with Gasteiger partial charge >= 0.3 is 5.97 Å². The minimum Gasteiger partial charge on any atom is -0.504 e. The summed E-state index contributed by atoms with van der Waals surface area (Å²) in [6, 6.07) is 1.64. The lowest BCUT2D eigenvalue weighted by Crippen LogP contribution is -2.54. The fraction of sp³-hybridized carbons (Fsp3) is 0.600. The largest absolute Gasteiger partial charge is 0.504 e. The molecule has 2 aliphatic carbocycles. The Morgan fingerprint density at radius 1 is 1.16 bits per heavy atom. The Balaban J connectivity index is 2.08. The van der Waals surface area contributed by atoms with Crippen LogP contribution in [0.4, 0.5) is 0 Å². The molecule has 0 amide bonds. The van der Waals surface area contributed by atoms with Gasteiger partial charge in [0, 0.05) is 22.6 Å². The highest BCUT2D eigenvalue weighted by atomic mass is 16.6. The highest BCUT2D eigenvalue weighted by Crippen LogP contribution is 2.64. The molecule has 1 aliphatic heterocycles. The number of phenols is 2. The smallest absolute Gasteiger partial charge is 0.317 e. The Hall–Kier alpha value is -2.04. The summed E-state index contributed by atoms with van der Waals surface area (Å²) in [5.74, 6) is -1.61. The summed E-state index contributed by atoms with van der Waals surface area (Å²) < 4.78 is 5.57. The van der Waals surface area contributed by atoms with E-state index in [1.54, 1.807) is 6.07 Å². The van der Waals surface area contributed by atoms with Gasteiger partial charge in [-0.15, -0.1) is 0 Å². The van der Waals surface area contributed by atoms with Crippen molar-refractivity contribution in [2.45, 2.75) is 64.4 Å². The minimum atomic E-state index is -1.03. The summed E-state index contributed by atoms with van der Waals surface area (Å²) in [5, 5.41) is 21.3. The van der Waals surface area contributed by atoms with Crippen LogP contribution in [0.5, 0.6) is 11.5 Å². The maximum atomic E-state index is 13.1. The van der Waals surface area contributed by atoms with E-state index in [4.69, 9.17) is 4.74 Å². The van der Waals surface area contributed by atoms with Gasteiger partial charge in [0.2, 0.25) is 5.78 Å². The van der Waals surface area contributed by atoms with Gasteiger partial charge in [-0.25, -0.2) is 0 Å². The van der Waals surface area contributed by atoms with Gasteiger partial charge in [-0.05, 0) is 30.2 Å².